The van der Waals surface area contributed by atoms with Gasteiger partial charge in [0.25, 0.3) is 5.91 Å². The summed E-state index contributed by atoms with van der Waals surface area (Å²) >= 11 is 11.3. The molecule has 1 aromatic carbocycles. The van der Waals surface area contributed by atoms with Crippen LogP contribution in [0, 0.1) is 5.82 Å². The van der Waals surface area contributed by atoms with E-state index < -0.39 is 11.7 Å². The second-order valence-electron chi connectivity index (χ2n) is 3.96. The summed E-state index contributed by atoms with van der Waals surface area (Å²) in [6.45, 7) is 0. The normalized spacial score (nSPS) is 15.6. The van der Waals surface area contributed by atoms with E-state index in [0.29, 0.717) is 0 Å². The van der Waals surface area contributed by atoms with Gasteiger partial charge in [-0.3, -0.25) is 4.79 Å². The number of nitrogens with zero attached hydrogens (tertiary/aromatic N) is 1. The molecule has 0 spiro atoms. The van der Waals surface area contributed by atoms with Crippen LogP contribution in [-0.4, -0.2) is 22.3 Å². The van der Waals surface area contributed by atoms with Crippen molar-refractivity contribution in [1.82, 2.24) is 5.32 Å². The zero-order valence-corrected chi connectivity index (χ0v) is 10.6. The molecule has 7 heteroatoms. The molecule has 0 heterocycles. The van der Waals surface area contributed by atoms with Gasteiger partial charge in [-0.05, 0) is 25.0 Å². The Morgan fingerprint density at radius 1 is 1.50 bits per heavy atom. The molecule has 1 aliphatic rings. The van der Waals surface area contributed by atoms with Gasteiger partial charge in [-0.2, -0.15) is 0 Å². The number of oxime groups is 1. The molecule has 1 fully saturated rings. The van der Waals surface area contributed by atoms with Crippen LogP contribution in [0.4, 0.5) is 4.39 Å². The van der Waals surface area contributed by atoms with Crippen molar-refractivity contribution in [2.45, 2.75) is 18.9 Å². The first-order valence-corrected chi connectivity index (χ1v) is 5.96. The minimum absolute atomic E-state index is 0.0274. The second kappa shape index (κ2) is 5.12. The molecule has 0 atom stereocenters. The molecule has 1 saturated carbocycles. The van der Waals surface area contributed by atoms with E-state index in [2.05, 4.69) is 10.5 Å². The fraction of sp³-hybridized carbons (Fsp3) is 0.273. The van der Waals surface area contributed by atoms with Gasteiger partial charge in [0.15, 0.2) is 5.17 Å². The van der Waals surface area contributed by atoms with Crippen molar-refractivity contribution in [2.75, 3.05) is 0 Å². The van der Waals surface area contributed by atoms with Crippen molar-refractivity contribution in [3.8, 4) is 0 Å². The zero-order valence-electron chi connectivity index (χ0n) is 9.08. The van der Waals surface area contributed by atoms with E-state index >= 15 is 0 Å². The highest BCUT2D eigenvalue weighted by atomic mass is 35.5. The summed E-state index contributed by atoms with van der Waals surface area (Å²) in [6.07, 6.45) is 1.81. The van der Waals surface area contributed by atoms with Crippen LogP contribution >= 0.6 is 23.2 Å². The predicted octanol–water partition coefficient (Wildman–Crippen LogP) is 2.75. The van der Waals surface area contributed by atoms with E-state index in [0.717, 1.165) is 18.9 Å². The Morgan fingerprint density at radius 3 is 2.72 bits per heavy atom. The van der Waals surface area contributed by atoms with Crippen molar-refractivity contribution < 1.29 is 14.4 Å². The van der Waals surface area contributed by atoms with E-state index in [-0.39, 0.29) is 27.4 Å². The molecule has 1 amide bonds. The highest BCUT2D eigenvalue weighted by Crippen LogP contribution is 2.25. The van der Waals surface area contributed by atoms with E-state index in [1.165, 1.54) is 6.07 Å². The molecule has 0 saturated heterocycles. The summed E-state index contributed by atoms with van der Waals surface area (Å²) in [5, 5.41) is 13.4. The van der Waals surface area contributed by atoms with Crippen molar-refractivity contribution in [3.63, 3.8) is 0 Å². The lowest BCUT2D eigenvalue weighted by Crippen LogP contribution is -2.26. The molecule has 18 heavy (non-hydrogen) atoms. The lowest BCUT2D eigenvalue weighted by Gasteiger charge is -2.08. The van der Waals surface area contributed by atoms with Gasteiger partial charge in [0.05, 0.1) is 10.6 Å². The fourth-order valence-electron chi connectivity index (χ4n) is 1.42. The highest BCUT2D eigenvalue weighted by molar-refractivity contribution is 6.69. The monoisotopic (exact) mass is 290 g/mol. The summed E-state index contributed by atoms with van der Waals surface area (Å²) in [5.74, 6) is -1.26. The maximum Gasteiger partial charge on any atom is 0.253 e. The Bertz CT molecular complexity index is 530. The molecular weight excluding hydrogens is 282 g/mol. The third-order valence-corrected chi connectivity index (χ3v) is 3.19. The molecular formula is C11H9Cl2FN2O2. The van der Waals surface area contributed by atoms with Crippen LogP contribution in [-0.2, 0) is 0 Å². The number of hydrogen-bond donors (Lipinski definition) is 2. The fourth-order valence-corrected chi connectivity index (χ4v) is 1.73. The molecule has 1 aromatic rings. The Hall–Kier alpha value is -1.33. The van der Waals surface area contributed by atoms with Crippen LogP contribution in [0.25, 0.3) is 0 Å². The summed E-state index contributed by atoms with van der Waals surface area (Å²) < 4.78 is 13.5. The number of nitrogens with one attached hydrogen (secondary N) is 1. The Morgan fingerprint density at radius 2 is 2.17 bits per heavy atom. The van der Waals surface area contributed by atoms with E-state index in [1.807, 2.05) is 0 Å². The topological polar surface area (TPSA) is 61.7 Å². The van der Waals surface area contributed by atoms with Crippen LogP contribution in [0.2, 0.25) is 5.02 Å². The average Bonchev–Trinajstić information content (AvgIpc) is 3.15. The van der Waals surface area contributed by atoms with Gasteiger partial charge in [-0.15, -0.1) is 0 Å². The van der Waals surface area contributed by atoms with Crippen LogP contribution in [0.15, 0.2) is 17.3 Å². The largest absolute Gasteiger partial charge is 0.410 e. The zero-order chi connectivity index (χ0) is 13.3. The van der Waals surface area contributed by atoms with Crippen LogP contribution in [0.1, 0.15) is 28.8 Å². The smallest absolute Gasteiger partial charge is 0.253 e. The summed E-state index contributed by atoms with van der Waals surface area (Å²) in [5.41, 5.74) is 0.0578. The van der Waals surface area contributed by atoms with Crippen molar-refractivity contribution >= 4 is 34.3 Å². The Kier molecular flexibility index (Phi) is 3.73. The van der Waals surface area contributed by atoms with Crippen molar-refractivity contribution in [2.24, 2.45) is 5.16 Å². The van der Waals surface area contributed by atoms with E-state index in [1.54, 1.807) is 0 Å². The molecule has 0 radical (unpaired) electrons. The average molecular weight is 291 g/mol. The van der Waals surface area contributed by atoms with E-state index in [4.69, 9.17) is 28.4 Å². The first-order chi connectivity index (χ1) is 8.52. The number of rotatable bonds is 3. The van der Waals surface area contributed by atoms with Gasteiger partial charge in [0.1, 0.15) is 5.82 Å². The van der Waals surface area contributed by atoms with Crippen molar-refractivity contribution in [3.05, 3.63) is 34.1 Å². The Labute approximate surface area is 112 Å². The molecule has 0 bridgehead atoms. The van der Waals surface area contributed by atoms with Crippen LogP contribution in [0.3, 0.4) is 0 Å². The summed E-state index contributed by atoms with van der Waals surface area (Å²) in [7, 11) is 0. The molecule has 2 rings (SSSR count). The standard InChI is InChI=1S/C11H9Cl2FN2O2/c12-9-7(11(17)15-6-1-2-6)3-5(4-8(9)14)10(13)16-18/h3-4,6,18H,1-2H2,(H,15,17)/b16-10-. The summed E-state index contributed by atoms with van der Waals surface area (Å²) in [6, 6.07) is 2.41. The maximum atomic E-state index is 13.5. The van der Waals surface area contributed by atoms with Crippen molar-refractivity contribution in [1.29, 1.82) is 0 Å². The molecule has 0 aromatic heterocycles. The number of amides is 1. The predicted molar refractivity (Wildman–Crippen MR) is 66.1 cm³/mol. The second-order valence-corrected chi connectivity index (χ2v) is 4.69. The number of carbonyl (C=O) groups excluding carboxylic acids is 1. The first kappa shape index (κ1) is 13.1. The number of halogens is 3. The molecule has 1 aliphatic carbocycles. The molecule has 4 nitrogen and oxygen atoms in total. The molecule has 0 aliphatic heterocycles. The van der Waals surface area contributed by atoms with Gasteiger partial charge in [0, 0.05) is 11.6 Å². The number of benzene rings is 1. The minimum Gasteiger partial charge on any atom is -0.410 e. The van der Waals surface area contributed by atoms with Gasteiger partial charge < -0.3 is 10.5 Å². The van der Waals surface area contributed by atoms with Gasteiger partial charge in [0.2, 0.25) is 0 Å². The molecule has 0 unspecified atom stereocenters. The lowest BCUT2D eigenvalue weighted by atomic mass is 10.1. The van der Waals surface area contributed by atoms with Crippen LogP contribution in [0.5, 0.6) is 0 Å². The quantitative estimate of drug-likeness (QED) is 0.511. The molecule has 96 valence electrons. The van der Waals surface area contributed by atoms with Gasteiger partial charge in [-0.1, -0.05) is 28.4 Å². The van der Waals surface area contributed by atoms with E-state index in [9.17, 15) is 9.18 Å². The lowest BCUT2D eigenvalue weighted by molar-refractivity contribution is 0.0950. The van der Waals surface area contributed by atoms with Gasteiger partial charge in [-0.25, -0.2) is 4.39 Å². The SMILES string of the molecule is O=C(NC1CC1)c1cc(/C(Cl)=N/O)cc(F)c1Cl. The molecule has 2 N–H and O–H groups in total. The summed E-state index contributed by atoms with van der Waals surface area (Å²) in [4.78, 5) is 11.8. The first-order valence-electron chi connectivity index (χ1n) is 5.20. The Balaban J connectivity index is 2.38. The number of carbonyl (C=O) groups is 1. The third kappa shape index (κ3) is 2.73. The highest BCUT2D eigenvalue weighted by Gasteiger charge is 2.26. The maximum absolute atomic E-state index is 13.5. The van der Waals surface area contributed by atoms with Crippen LogP contribution < -0.4 is 5.32 Å². The number of hydrogen-bond acceptors (Lipinski definition) is 3. The third-order valence-electron chi connectivity index (χ3n) is 2.51. The van der Waals surface area contributed by atoms with Gasteiger partial charge >= 0.3 is 0 Å². The minimum atomic E-state index is -0.795.